The van der Waals surface area contributed by atoms with Crippen LogP contribution < -0.4 is 9.47 Å². The molecule has 0 fully saturated rings. The maximum Gasteiger partial charge on any atom is 0.169 e. The normalized spacial score (nSPS) is 11.9. The molecule has 0 aliphatic carbocycles. The molecular formula is C14H20INO2. The molecule has 0 N–H and O–H groups in total. The molecule has 0 unspecified atom stereocenters. The highest BCUT2D eigenvalue weighted by atomic mass is 127. The molecule has 0 saturated heterocycles. The molecule has 0 aliphatic rings. The highest BCUT2D eigenvalue weighted by molar-refractivity contribution is 14.1. The van der Waals surface area contributed by atoms with Crippen molar-refractivity contribution in [1.29, 1.82) is 0 Å². The van der Waals surface area contributed by atoms with Crippen LogP contribution in [0.1, 0.15) is 25.0 Å². The molecule has 3 nitrogen and oxygen atoms in total. The number of benzene rings is 1. The van der Waals surface area contributed by atoms with E-state index in [1.807, 2.05) is 25.3 Å². The molecular weight excluding hydrogens is 341 g/mol. The summed E-state index contributed by atoms with van der Waals surface area (Å²) >= 11 is 2.34. The highest BCUT2D eigenvalue weighted by Crippen LogP contribution is 2.32. The zero-order valence-electron chi connectivity index (χ0n) is 11.6. The molecule has 0 aromatic heterocycles. The van der Waals surface area contributed by atoms with Gasteiger partial charge in [-0.25, -0.2) is 0 Å². The predicted molar refractivity (Wildman–Crippen MR) is 84.8 cm³/mol. The second-order valence-corrected chi connectivity index (χ2v) is 5.50. The van der Waals surface area contributed by atoms with E-state index in [0.717, 1.165) is 27.1 Å². The molecule has 4 heteroatoms. The number of hydrogen-bond acceptors (Lipinski definition) is 3. The van der Waals surface area contributed by atoms with Crippen molar-refractivity contribution in [2.24, 2.45) is 4.99 Å². The van der Waals surface area contributed by atoms with Gasteiger partial charge in [0.05, 0.1) is 19.8 Å². The number of methoxy groups -OCH3 is 2. The minimum absolute atomic E-state index is 0.0684. The average molecular weight is 361 g/mol. The number of nitrogens with zero attached hydrogens (tertiary/aromatic N) is 1. The van der Waals surface area contributed by atoms with Crippen LogP contribution in [-0.4, -0.2) is 30.4 Å². The maximum atomic E-state index is 5.43. The quantitative estimate of drug-likeness (QED) is 0.456. The first kappa shape index (κ1) is 15.3. The van der Waals surface area contributed by atoms with Gasteiger partial charge >= 0.3 is 0 Å². The van der Waals surface area contributed by atoms with Crippen molar-refractivity contribution < 1.29 is 9.47 Å². The third-order valence-corrected chi connectivity index (χ3v) is 4.54. The van der Waals surface area contributed by atoms with Crippen LogP contribution in [0.3, 0.4) is 0 Å². The lowest BCUT2D eigenvalue weighted by atomic mass is 10.1. The summed E-state index contributed by atoms with van der Waals surface area (Å²) in [5.41, 5.74) is 2.04. The molecule has 0 amide bonds. The van der Waals surface area contributed by atoms with Gasteiger partial charge in [0.15, 0.2) is 11.5 Å². The minimum Gasteiger partial charge on any atom is -0.493 e. The second kappa shape index (κ2) is 6.41. The van der Waals surface area contributed by atoms with Gasteiger partial charge in [0.2, 0.25) is 0 Å². The monoisotopic (exact) mass is 361 g/mol. The molecule has 1 aromatic rings. The van der Waals surface area contributed by atoms with E-state index in [2.05, 4.69) is 41.4 Å². The van der Waals surface area contributed by atoms with E-state index in [4.69, 9.17) is 9.47 Å². The van der Waals surface area contributed by atoms with Crippen molar-refractivity contribution in [3.05, 3.63) is 23.3 Å². The van der Waals surface area contributed by atoms with Crippen LogP contribution >= 0.6 is 22.6 Å². The van der Waals surface area contributed by atoms with Gasteiger partial charge < -0.3 is 9.47 Å². The van der Waals surface area contributed by atoms with E-state index in [0.29, 0.717) is 0 Å². The van der Waals surface area contributed by atoms with Crippen LogP contribution in [0.5, 0.6) is 11.5 Å². The van der Waals surface area contributed by atoms with Crippen LogP contribution in [0.15, 0.2) is 17.1 Å². The van der Waals surface area contributed by atoms with Crippen molar-refractivity contribution in [3.63, 3.8) is 0 Å². The molecule has 0 saturated carbocycles. The Labute approximate surface area is 123 Å². The number of ether oxygens (including phenoxy) is 2. The SMILES string of the molecule is COc1ccc(C)c(/C=N\C(C)(C)CI)c1OC. The Kier molecular flexibility index (Phi) is 5.44. The van der Waals surface area contributed by atoms with Gasteiger partial charge in [-0.15, -0.1) is 0 Å². The molecule has 100 valence electrons. The molecule has 0 aliphatic heterocycles. The number of aliphatic imine (C=N–C) groups is 1. The summed E-state index contributed by atoms with van der Waals surface area (Å²) in [5, 5.41) is 0. The fourth-order valence-electron chi connectivity index (χ4n) is 1.48. The lowest BCUT2D eigenvalue weighted by Gasteiger charge is -2.17. The van der Waals surface area contributed by atoms with E-state index in [9.17, 15) is 0 Å². The van der Waals surface area contributed by atoms with E-state index in [1.54, 1.807) is 14.2 Å². The minimum atomic E-state index is -0.0684. The summed E-state index contributed by atoms with van der Waals surface area (Å²) in [5.74, 6) is 1.47. The number of hydrogen-bond donors (Lipinski definition) is 0. The molecule has 18 heavy (non-hydrogen) atoms. The van der Waals surface area contributed by atoms with E-state index in [-0.39, 0.29) is 5.54 Å². The Balaban J connectivity index is 3.23. The number of aryl methyl sites for hydroxylation is 1. The van der Waals surface area contributed by atoms with Crippen molar-refractivity contribution >= 4 is 28.8 Å². The molecule has 0 spiro atoms. The Morgan fingerprint density at radius 2 is 1.94 bits per heavy atom. The smallest absolute Gasteiger partial charge is 0.169 e. The zero-order chi connectivity index (χ0) is 13.8. The third-order valence-electron chi connectivity index (χ3n) is 2.67. The van der Waals surface area contributed by atoms with Gasteiger partial charge in [-0.05, 0) is 32.4 Å². The van der Waals surface area contributed by atoms with E-state index < -0.39 is 0 Å². The number of alkyl halides is 1. The maximum absolute atomic E-state index is 5.43. The Bertz CT molecular complexity index is 442. The Morgan fingerprint density at radius 1 is 1.28 bits per heavy atom. The largest absolute Gasteiger partial charge is 0.493 e. The van der Waals surface area contributed by atoms with Crippen molar-refractivity contribution in [2.75, 3.05) is 18.6 Å². The standard InChI is InChI=1S/C14H20INO2/c1-10-6-7-12(17-4)13(18-5)11(10)8-16-14(2,3)9-15/h6-8H,9H2,1-5H3/b16-8-. The summed E-state index contributed by atoms with van der Waals surface area (Å²) in [6, 6.07) is 3.93. The molecule has 0 heterocycles. The molecule has 1 aromatic carbocycles. The first-order valence-corrected chi connectivity index (χ1v) is 7.30. The van der Waals surface area contributed by atoms with Gasteiger partial charge in [0, 0.05) is 16.2 Å². The first-order valence-electron chi connectivity index (χ1n) is 5.78. The van der Waals surface area contributed by atoms with Crippen LogP contribution in [0.25, 0.3) is 0 Å². The van der Waals surface area contributed by atoms with Crippen LogP contribution in [0, 0.1) is 6.92 Å². The molecule has 0 bridgehead atoms. The molecule has 0 radical (unpaired) electrons. The summed E-state index contributed by atoms with van der Waals surface area (Å²) in [6.45, 7) is 6.26. The van der Waals surface area contributed by atoms with Crippen molar-refractivity contribution in [1.82, 2.24) is 0 Å². The Morgan fingerprint density at radius 3 is 2.44 bits per heavy atom. The van der Waals surface area contributed by atoms with Gasteiger partial charge in [0.25, 0.3) is 0 Å². The Hall–Kier alpha value is -0.780. The summed E-state index contributed by atoms with van der Waals surface area (Å²) in [7, 11) is 3.29. The number of rotatable bonds is 5. The number of halogens is 1. The summed E-state index contributed by atoms with van der Waals surface area (Å²) in [4.78, 5) is 4.62. The van der Waals surface area contributed by atoms with Gasteiger partial charge in [-0.1, -0.05) is 28.7 Å². The zero-order valence-corrected chi connectivity index (χ0v) is 13.7. The molecule has 0 atom stereocenters. The van der Waals surface area contributed by atoms with Gasteiger partial charge in [0.1, 0.15) is 0 Å². The van der Waals surface area contributed by atoms with Crippen molar-refractivity contribution in [3.8, 4) is 11.5 Å². The van der Waals surface area contributed by atoms with Crippen molar-refractivity contribution in [2.45, 2.75) is 26.3 Å². The second-order valence-electron chi connectivity index (χ2n) is 4.74. The van der Waals surface area contributed by atoms with E-state index in [1.165, 1.54) is 0 Å². The highest BCUT2D eigenvalue weighted by Gasteiger charge is 2.15. The topological polar surface area (TPSA) is 30.8 Å². The lowest BCUT2D eigenvalue weighted by molar-refractivity contribution is 0.354. The fraction of sp³-hybridized carbons (Fsp3) is 0.500. The van der Waals surface area contributed by atoms with Gasteiger partial charge in [-0.2, -0.15) is 0 Å². The fourth-order valence-corrected chi connectivity index (χ4v) is 1.68. The van der Waals surface area contributed by atoms with Crippen LogP contribution in [0.4, 0.5) is 0 Å². The van der Waals surface area contributed by atoms with Gasteiger partial charge in [-0.3, -0.25) is 4.99 Å². The average Bonchev–Trinajstić information content (AvgIpc) is 2.36. The third kappa shape index (κ3) is 3.60. The van der Waals surface area contributed by atoms with Crippen LogP contribution in [0.2, 0.25) is 0 Å². The summed E-state index contributed by atoms with van der Waals surface area (Å²) in [6.07, 6.45) is 1.88. The predicted octanol–water partition coefficient (Wildman–Crippen LogP) is 3.64. The van der Waals surface area contributed by atoms with E-state index >= 15 is 0 Å². The first-order chi connectivity index (χ1) is 8.45. The summed E-state index contributed by atoms with van der Waals surface area (Å²) < 4.78 is 11.7. The van der Waals surface area contributed by atoms with Crippen LogP contribution in [-0.2, 0) is 0 Å². The molecule has 1 rings (SSSR count). The lowest BCUT2D eigenvalue weighted by Crippen LogP contribution is -2.18.